The fraction of sp³-hybridized carbons (Fsp3) is 0.250. The Morgan fingerprint density at radius 3 is 2.59 bits per heavy atom. The van der Waals surface area contributed by atoms with E-state index in [1.54, 1.807) is 4.57 Å². The van der Waals surface area contributed by atoms with Crippen LogP contribution in [0.15, 0.2) is 34.5 Å². The van der Waals surface area contributed by atoms with E-state index in [9.17, 15) is 4.79 Å². The van der Waals surface area contributed by atoms with Crippen LogP contribution in [0.4, 0.5) is 0 Å². The van der Waals surface area contributed by atoms with Gasteiger partial charge in [0.1, 0.15) is 0 Å². The molecule has 88 valence electrons. The quantitative estimate of drug-likeness (QED) is 0.564. The van der Waals surface area contributed by atoms with Crippen LogP contribution in [0.1, 0.15) is 25.6 Å². The molecule has 17 heavy (non-hydrogen) atoms. The highest BCUT2D eigenvalue weighted by atomic mass is 32.1. The van der Waals surface area contributed by atoms with Gasteiger partial charge in [0.15, 0.2) is 0 Å². The maximum absolute atomic E-state index is 11.6. The molecule has 0 aliphatic carbocycles. The number of rotatable bonds is 1. The van der Waals surface area contributed by atoms with Gasteiger partial charge in [-0.2, -0.15) is 5.10 Å². The standard InChI is InChI=1S/C12H13N3OS/c1-8(2)13-14-12-15(9(3)16)10-6-4-5-7-11(10)17-12/h4-7H,1-3H3. The molecular formula is C12H13N3OS. The highest BCUT2D eigenvalue weighted by Gasteiger charge is 2.08. The van der Waals surface area contributed by atoms with Crippen LogP contribution < -0.4 is 4.80 Å². The van der Waals surface area contributed by atoms with Crippen molar-refractivity contribution in [1.29, 1.82) is 0 Å². The minimum absolute atomic E-state index is 0.0508. The summed E-state index contributed by atoms with van der Waals surface area (Å²) in [4.78, 5) is 12.3. The molecule has 2 aromatic rings. The molecule has 1 aromatic carbocycles. The van der Waals surface area contributed by atoms with Crippen LogP contribution in [0.25, 0.3) is 10.2 Å². The number of hydrogen-bond donors (Lipinski definition) is 0. The summed E-state index contributed by atoms with van der Waals surface area (Å²) in [7, 11) is 0. The Kier molecular flexibility index (Phi) is 3.19. The molecule has 0 spiro atoms. The van der Waals surface area contributed by atoms with Crippen molar-refractivity contribution in [3.63, 3.8) is 0 Å². The van der Waals surface area contributed by atoms with Crippen molar-refractivity contribution in [3.8, 4) is 0 Å². The van der Waals surface area contributed by atoms with E-state index in [1.807, 2.05) is 38.1 Å². The number of carbonyl (C=O) groups is 1. The van der Waals surface area contributed by atoms with Crippen LogP contribution >= 0.6 is 11.3 Å². The van der Waals surface area contributed by atoms with Gasteiger partial charge in [0.05, 0.1) is 10.2 Å². The van der Waals surface area contributed by atoms with Gasteiger partial charge in [-0.3, -0.25) is 9.36 Å². The first-order valence-electron chi connectivity index (χ1n) is 5.26. The van der Waals surface area contributed by atoms with Crippen molar-refractivity contribution in [2.45, 2.75) is 20.8 Å². The summed E-state index contributed by atoms with van der Waals surface area (Å²) in [5.41, 5.74) is 1.74. The minimum Gasteiger partial charge on any atom is -0.274 e. The Morgan fingerprint density at radius 2 is 1.94 bits per heavy atom. The van der Waals surface area contributed by atoms with Gasteiger partial charge in [-0.1, -0.05) is 23.5 Å². The zero-order valence-electron chi connectivity index (χ0n) is 9.97. The fourth-order valence-corrected chi connectivity index (χ4v) is 2.49. The van der Waals surface area contributed by atoms with Crippen molar-refractivity contribution in [1.82, 2.24) is 4.57 Å². The van der Waals surface area contributed by atoms with Crippen molar-refractivity contribution in [3.05, 3.63) is 29.1 Å². The molecule has 0 radical (unpaired) electrons. The molecule has 0 aliphatic heterocycles. The Labute approximate surface area is 103 Å². The predicted molar refractivity (Wildman–Crippen MR) is 70.5 cm³/mol. The summed E-state index contributed by atoms with van der Waals surface area (Å²) in [6.45, 7) is 5.27. The van der Waals surface area contributed by atoms with Crippen molar-refractivity contribution >= 4 is 33.2 Å². The van der Waals surface area contributed by atoms with Crippen molar-refractivity contribution in [2.75, 3.05) is 0 Å². The molecule has 1 heterocycles. The van der Waals surface area contributed by atoms with E-state index in [1.165, 1.54) is 18.3 Å². The molecule has 5 heteroatoms. The van der Waals surface area contributed by atoms with Gasteiger partial charge in [0.25, 0.3) is 0 Å². The molecule has 0 fully saturated rings. The van der Waals surface area contributed by atoms with E-state index in [4.69, 9.17) is 0 Å². The van der Waals surface area contributed by atoms with E-state index in [2.05, 4.69) is 10.2 Å². The SMILES string of the molecule is CC(=O)n1c(=NN=C(C)C)sc2ccccc21. The van der Waals surface area contributed by atoms with Gasteiger partial charge in [0, 0.05) is 12.6 Å². The monoisotopic (exact) mass is 247 g/mol. The summed E-state index contributed by atoms with van der Waals surface area (Å²) < 4.78 is 2.62. The van der Waals surface area contributed by atoms with Gasteiger partial charge in [0.2, 0.25) is 10.7 Å². The summed E-state index contributed by atoms with van der Waals surface area (Å²) in [5, 5.41) is 8.12. The summed E-state index contributed by atoms with van der Waals surface area (Å²) in [5.74, 6) is -0.0508. The third-order valence-corrected chi connectivity index (χ3v) is 3.16. The number of benzene rings is 1. The first kappa shape index (κ1) is 11.7. The Morgan fingerprint density at radius 1 is 1.24 bits per heavy atom. The molecule has 4 nitrogen and oxygen atoms in total. The number of aromatic nitrogens is 1. The molecule has 0 saturated heterocycles. The zero-order valence-corrected chi connectivity index (χ0v) is 10.8. The minimum atomic E-state index is -0.0508. The van der Waals surface area contributed by atoms with Crippen LogP contribution in [0, 0.1) is 0 Å². The normalized spacial score (nSPS) is 11.8. The second-order valence-electron chi connectivity index (χ2n) is 3.85. The number of thiazole rings is 1. The van der Waals surface area contributed by atoms with E-state index in [0.29, 0.717) is 4.80 Å². The van der Waals surface area contributed by atoms with Crippen LogP contribution in [-0.4, -0.2) is 16.2 Å². The van der Waals surface area contributed by atoms with Gasteiger partial charge < -0.3 is 0 Å². The summed E-state index contributed by atoms with van der Waals surface area (Å²) in [6.07, 6.45) is 0. The molecule has 0 unspecified atom stereocenters. The molecule has 0 amide bonds. The molecule has 0 N–H and O–H groups in total. The lowest BCUT2D eigenvalue weighted by atomic mass is 10.3. The smallest absolute Gasteiger partial charge is 0.230 e. The molecule has 0 saturated carbocycles. The number of fused-ring (bicyclic) bond motifs is 1. The molecule has 0 aliphatic rings. The van der Waals surface area contributed by atoms with Gasteiger partial charge in [-0.25, -0.2) is 0 Å². The first-order valence-corrected chi connectivity index (χ1v) is 6.07. The van der Waals surface area contributed by atoms with Crippen LogP contribution in [0.3, 0.4) is 0 Å². The van der Waals surface area contributed by atoms with Gasteiger partial charge in [-0.05, 0) is 26.0 Å². The van der Waals surface area contributed by atoms with Crippen molar-refractivity contribution < 1.29 is 4.79 Å². The van der Waals surface area contributed by atoms with E-state index >= 15 is 0 Å². The molecule has 0 atom stereocenters. The van der Waals surface area contributed by atoms with Crippen LogP contribution in [-0.2, 0) is 0 Å². The summed E-state index contributed by atoms with van der Waals surface area (Å²) in [6, 6.07) is 7.74. The lowest BCUT2D eigenvalue weighted by Gasteiger charge is -1.97. The van der Waals surface area contributed by atoms with Crippen LogP contribution in [0.2, 0.25) is 0 Å². The van der Waals surface area contributed by atoms with Gasteiger partial charge in [-0.15, -0.1) is 5.10 Å². The fourth-order valence-electron chi connectivity index (χ4n) is 1.49. The average molecular weight is 247 g/mol. The Balaban J connectivity index is 2.79. The highest BCUT2D eigenvalue weighted by Crippen LogP contribution is 2.16. The third kappa shape index (κ3) is 2.34. The second kappa shape index (κ2) is 4.63. The number of nitrogens with zero attached hydrogens (tertiary/aromatic N) is 3. The Bertz CT molecular complexity index is 660. The average Bonchev–Trinajstić information content (AvgIpc) is 2.64. The zero-order chi connectivity index (χ0) is 12.4. The lowest BCUT2D eigenvalue weighted by Crippen LogP contribution is -2.19. The van der Waals surface area contributed by atoms with E-state index in [-0.39, 0.29) is 5.91 Å². The van der Waals surface area contributed by atoms with E-state index in [0.717, 1.165) is 15.9 Å². The van der Waals surface area contributed by atoms with Crippen molar-refractivity contribution in [2.24, 2.45) is 10.2 Å². The second-order valence-corrected chi connectivity index (χ2v) is 4.86. The number of carbonyl (C=O) groups excluding carboxylic acids is 1. The highest BCUT2D eigenvalue weighted by molar-refractivity contribution is 7.16. The third-order valence-electron chi connectivity index (χ3n) is 2.15. The Hall–Kier alpha value is -1.75. The topological polar surface area (TPSA) is 46.7 Å². The van der Waals surface area contributed by atoms with Crippen LogP contribution in [0.5, 0.6) is 0 Å². The van der Waals surface area contributed by atoms with Gasteiger partial charge >= 0.3 is 0 Å². The maximum atomic E-state index is 11.6. The predicted octanol–water partition coefficient (Wildman–Crippen LogP) is 2.66. The summed E-state index contributed by atoms with van der Waals surface area (Å²) >= 11 is 1.46. The molecule has 0 bridgehead atoms. The number of hydrogen-bond acceptors (Lipinski definition) is 4. The largest absolute Gasteiger partial charge is 0.274 e. The van der Waals surface area contributed by atoms with E-state index < -0.39 is 0 Å². The number of para-hydroxylation sites is 1. The molecule has 2 rings (SSSR count). The maximum Gasteiger partial charge on any atom is 0.230 e. The lowest BCUT2D eigenvalue weighted by molar-refractivity contribution is 0.0938. The molecular weight excluding hydrogens is 234 g/mol. The molecule has 1 aromatic heterocycles. The first-order chi connectivity index (χ1) is 8.09.